The Hall–Kier alpha value is -2.74. The van der Waals surface area contributed by atoms with Gasteiger partial charge in [0.1, 0.15) is 13.2 Å². The van der Waals surface area contributed by atoms with Crippen LogP contribution in [0.1, 0.15) is 11.1 Å². The molecule has 0 bridgehead atoms. The zero-order chi connectivity index (χ0) is 18.9. The zero-order valence-electron chi connectivity index (χ0n) is 13.0. The number of fused-ring (bicyclic) bond motifs is 1. The Kier molecular flexibility index (Phi) is 4.78. The summed E-state index contributed by atoms with van der Waals surface area (Å²) in [5, 5.41) is 0.366. The predicted molar refractivity (Wildman–Crippen MR) is 86.7 cm³/mol. The zero-order valence-corrected chi connectivity index (χ0v) is 13.8. The first-order valence-electron chi connectivity index (χ1n) is 7.35. The molecule has 0 spiro atoms. The summed E-state index contributed by atoms with van der Waals surface area (Å²) >= 11 is 5.81. The average molecular weight is 386 g/mol. The molecule has 0 aliphatic heterocycles. The summed E-state index contributed by atoms with van der Waals surface area (Å²) in [7, 11) is 0. The van der Waals surface area contributed by atoms with Gasteiger partial charge in [0.25, 0.3) is 0 Å². The third-order valence-electron chi connectivity index (χ3n) is 3.57. The number of carbonyl (C=O) groups excluding carboxylic acids is 1. The van der Waals surface area contributed by atoms with Crippen molar-refractivity contribution in [2.45, 2.75) is 19.3 Å². The van der Waals surface area contributed by atoms with Crippen LogP contribution >= 0.6 is 11.6 Å². The Bertz CT molecular complexity index is 1020. The summed E-state index contributed by atoms with van der Waals surface area (Å²) in [5.41, 5.74) is -0.0760. The topological polar surface area (TPSA) is 61.4 Å². The third-order valence-corrected chi connectivity index (χ3v) is 3.81. The van der Waals surface area contributed by atoms with E-state index >= 15 is 0 Å². The maximum absolute atomic E-state index is 12.7. The van der Waals surface area contributed by atoms with E-state index in [9.17, 15) is 22.8 Å². The van der Waals surface area contributed by atoms with E-state index in [4.69, 9.17) is 20.8 Å². The standard InChI is InChI=1S/C17H11ClF3NO4/c18-12-4-5-13-14(7-12)26-16(24)22(13)8-15(23)25-9-10-2-1-3-11(6-10)17(19,20)21/h1-7H,8-9H2. The second-order valence-corrected chi connectivity index (χ2v) is 5.86. The van der Waals surface area contributed by atoms with Crippen LogP contribution in [-0.2, 0) is 28.9 Å². The lowest BCUT2D eigenvalue weighted by Gasteiger charge is -2.09. The lowest BCUT2D eigenvalue weighted by Crippen LogP contribution is -2.21. The molecule has 1 aromatic heterocycles. The Morgan fingerprint density at radius 1 is 1.19 bits per heavy atom. The molecule has 0 aliphatic carbocycles. The van der Waals surface area contributed by atoms with Gasteiger partial charge in [-0.15, -0.1) is 0 Å². The maximum atomic E-state index is 12.7. The van der Waals surface area contributed by atoms with Crippen molar-refractivity contribution in [2.75, 3.05) is 0 Å². The highest BCUT2D eigenvalue weighted by Gasteiger charge is 2.30. The molecule has 1 heterocycles. The number of hydrogen-bond donors (Lipinski definition) is 0. The molecule has 3 rings (SSSR count). The van der Waals surface area contributed by atoms with Gasteiger partial charge in [0.2, 0.25) is 0 Å². The van der Waals surface area contributed by atoms with Crippen molar-refractivity contribution in [1.29, 1.82) is 0 Å². The molecule has 0 saturated heterocycles. The van der Waals surface area contributed by atoms with E-state index in [0.717, 1.165) is 16.7 Å². The number of benzene rings is 2. The highest BCUT2D eigenvalue weighted by atomic mass is 35.5. The van der Waals surface area contributed by atoms with Crippen LogP contribution in [0, 0.1) is 0 Å². The van der Waals surface area contributed by atoms with Gasteiger partial charge in [-0.2, -0.15) is 13.2 Å². The Morgan fingerprint density at radius 3 is 2.69 bits per heavy atom. The first-order chi connectivity index (χ1) is 12.2. The predicted octanol–water partition coefficient (Wildman–Crippen LogP) is 4.01. The number of halogens is 4. The minimum atomic E-state index is -4.48. The number of carbonyl (C=O) groups is 1. The van der Waals surface area contributed by atoms with Crippen LogP contribution in [-0.4, -0.2) is 10.5 Å². The SMILES string of the molecule is O=C(Cn1c(=O)oc2cc(Cl)ccc21)OCc1cccc(C(F)(F)F)c1. The van der Waals surface area contributed by atoms with Crippen molar-refractivity contribution in [1.82, 2.24) is 4.57 Å². The molecule has 136 valence electrons. The monoisotopic (exact) mass is 385 g/mol. The van der Waals surface area contributed by atoms with E-state index in [1.54, 1.807) is 0 Å². The lowest BCUT2D eigenvalue weighted by atomic mass is 10.1. The van der Waals surface area contributed by atoms with E-state index in [2.05, 4.69) is 0 Å². The molecule has 3 aromatic rings. The van der Waals surface area contributed by atoms with E-state index in [1.807, 2.05) is 0 Å². The second kappa shape index (κ2) is 6.87. The molecule has 0 amide bonds. The van der Waals surface area contributed by atoms with Crippen molar-refractivity contribution in [3.63, 3.8) is 0 Å². The number of ether oxygens (including phenoxy) is 1. The molecule has 26 heavy (non-hydrogen) atoms. The number of hydrogen-bond acceptors (Lipinski definition) is 4. The van der Waals surface area contributed by atoms with Gasteiger partial charge in [-0.1, -0.05) is 23.7 Å². The lowest BCUT2D eigenvalue weighted by molar-refractivity contribution is -0.145. The van der Waals surface area contributed by atoms with Gasteiger partial charge < -0.3 is 9.15 Å². The number of rotatable bonds is 4. The maximum Gasteiger partial charge on any atom is 0.420 e. The highest BCUT2D eigenvalue weighted by Crippen LogP contribution is 2.29. The normalized spacial score (nSPS) is 11.7. The minimum Gasteiger partial charge on any atom is -0.459 e. The third kappa shape index (κ3) is 3.91. The first-order valence-corrected chi connectivity index (χ1v) is 7.72. The van der Waals surface area contributed by atoms with Gasteiger partial charge in [-0.05, 0) is 29.8 Å². The fourth-order valence-corrected chi connectivity index (χ4v) is 2.53. The van der Waals surface area contributed by atoms with Crippen LogP contribution in [0.15, 0.2) is 51.7 Å². The second-order valence-electron chi connectivity index (χ2n) is 5.42. The molecule has 9 heteroatoms. The molecule has 0 radical (unpaired) electrons. The molecule has 0 aliphatic rings. The van der Waals surface area contributed by atoms with E-state index in [-0.39, 0.29) is 17.8 Å². The van der Waals surface area contributed by atoms with Crippen LogP contribution in [0.5, 0.6) is 0 Å². The van der Waals surface area contributed by atoms with Gasteiger partial charge >= 0.3 is 17.9 Å². The Balaban J connectivity index is 1.71. The number of aromatic nitrogens is 1. The smallest absolute Gasteiger partial charge is 0.420 e. The average Bonchev–Trinajstić information content (AvgIpc) is 2.87. The van der Waals surface area contributed by atoms with Crippen molar-refractivity contribution < 1.29 is 27.1 Å². The fourth-order valence-electron chi connectivity index (χ4n) is 2.37. The van der Waals surface area contributed by atoms with Gasteiger partial charge in [-0.3, -0.25) is 9.36 Å². The van der Waals surface area contributed by atoms with Crippen LogP contribution < -0.4 is 5.76 Å². The van der Waals surface area contributed by atoms with Gasteiger partial charge in [0, 0.05) is 11.1 Å². The molecule has 5 nitrogen and oxygen atoms in total. The molecule has 0 N–H and O–H groups in total. The Labute approximate surface area is 149 Å². The molecular formula is C17H11ClF3NO4. The van der Waals surface area contributed by atoms with Gasteiger partial charge in [-0.25, -0.2) is 4.79 Å². The summed E-state index contributed by atoms with van der Waals surface area (Å²) in [6, 6.07) is 8.94. The summed E-state index contributed by atoms with van der Waals surface area (Å²) < 4.78 is 49.0. The number of nitrogens with zero attached hydrogens (tertiary/aromatic N) is 1. The summed E-state index contributed by atoms with van der Waals surface area (Å²) in [6.07, 6.45) is -4.48. The van der Waals surface area contributed by atoms with E-state index < -0.39 is 30.0 Å². The fraction of sp³-hybridized carbons (Fsp3) is 0.176. The van der Waals surface area contributed by atoms with Crippen molar-refractivity contribution in [3.8, 4) is 0 Å². The quantitative estimate of drug-likeness (QED) is 0.637. The highest BCUT2D eigenvalue weighted by molar-refractivity contribution is 6.31. The van der Waals surface area contributed by atoms with Gasteiger partial charge in [0.05, 0.1) is 11.1 Å². The Morgan fingerprint density at radius 2 is 1.96 bits per heavy atom. The van der Waals surface area contributed by atoms with E-state index in [1.165, 1.54) is 30.3 Å². The largest absolute Gasteiger partial charge is 0.459 e. The van der Waals surface area contributed by atoms with E-state index in [0.29, 0.717) is 10.5 Å². The number of esters is 1. The summed E-state index contributed by atoms with van der Waals surface area (Å²) in [4.78, 5) is 23.8. The minimum absolute atomic E-state index is 0.185. The van der Waals surface area contributed by atoms with Gasteiger partial charge in [0.15, 0.2) is 5.58 Å². The molecular weight excluding hydrogens is 375 g/mol. The van der Waals surface area contributed by atoms with Crippen molar-refractivity contribution in [2.24, 2.45) is 0 Å². The van der Waals surface area contributed by atoms with Crippen molar-refractivity contribution in [3.05, 3.63) is 69.2 Å². The first kappa shape index (κ1) is 18.1. The molecule has 2 aromatic carbocycles. The van der Waals surface area contributed by atoms with Crippen LogP contribution in [0.2, 0.25) is 5.02 Å². The molecule has 0 unspecified atom stereocenters. The molecule has 0 atom stereocenters. The summed E-state index contributed by atoms with van der Waals surface area (Å²) in [5.74, 6) is -1.56. The summed E-state index contributed by atoms with van der Waals surface area (Å²) in [6.45, 7) is -0.786. The van der Waals surface area contributed by atoms with Crippen LogP contribution in [0.4, 0.5) is 13.2 Å². The number of oxazole rings is 1. The van der Waals surface area contributed by atoms with Crippen LogP contribution in [0.3, 0.4) is 0 Å². The van der Waals surface area contributed by atoms with Crippen molar-refractivity contribution >= 4 is 28.7 Å². The molecule has 0 saturated carbocycles. The van der Waals surface area contributed by atoms with Crippen LogP contribution in [0.25, 0.3) is 11.1 Å². The molecule has 0 fully saturated rings. The number of alkyl halides is 3.